The minimum Gasteiger partial charge on any atom is -0.463 e. The van der Waals surface area contributed by atoms with Gasteiger partial charge >= 0.3 is 6.01 Å². The largest absolute Gasteiger partial charge is 0.463 e. The maximum Gasteiger partial charge on any atom is 0.336 e. The molecule has 0 aliphatic heterocycles. The van der Waals surface area contributed by atoms with Crippen molar-refractivity contribution in [3.63, 3.8) is 0 Å². The molecule has 100 valence electrons. The quantitative estimate of drug-likeness (QED) is 0.863. The van der Waals surface area contributed by atoms with Gasteiger partial charge in [0.2, 0.25) is 5.91 Å². The first-order valence-electron chi connectivity index (χ1n) is 6.04. The number of ether oxygens (including phenoxy) is 1. The van der Waals surface area contributed by atoms with Crippen LogP contribution < -0.4 is 4.74 Å². The summed E-state index contributed by atoms with van der Waals surface area (Å²) in [7, 11) is 0. The van der Waals surface area contributed by atoms with Crippen molar-refractivity contribution in [1.29, 1.82) is 0 Å². The van der Waals surface area contributed by atoms with E-state index in [9.17, 15) is 4.79 Å². The average Bonchev–Trinajstić information content (AvgIpc) is 2.82. The van der Waals surface area contributed by atoms with Crippen LogP contribution in [0, 0.1) is 0 Å². The molecular formula is C13H14ClN3O2. The molecule has 19 heavy (non-hydrogen) atoms. The Kier molecular flexibility index (Phi) is 4.16. The molecule has 0 amide bonds. The minimum atomic E-state index is -0.145. The number of rotatable bonds is 4. The van der Waals surface area contributed by atoms with Gasteiger partial charge in [-0.25, -0.2) is 0 Å². The van der Waals surface area contributed by atoms with Crippen LogP contribution in [-0.4, -0.2) is 27.3 Å². The van der Waals surface area contributed by atoms with Crippen LogP contribution in [-0.2, 0) is 0 Å². The highest BCUT2D eigenvalue weighted by Crippen LogP contribution is 2.23. The van der Waals surface area contributed by atoms with Gasteiger partial charge < -0.3 is 4.74 Å². The second kappa shape index (κ2) is 5.84. The fraction of sp³-hybridized carbons (Fsp3) is 0.308. The van der Waals surface area contributed by atoms with Crippen LogP contribution in [0.4, 0.5) is 0 Å². The molecule has 1 aromatic carbocycles. The number of halogens is 1. The van der Waals surface area contributed by atoms with Crippen LogP contribution in [0.3, 0.4) is 0 Å². The van der Waals surface area contributed by atoms with E-state index in [0.717, 1.165) is 5.56 Å². The number of aromatic nitrogens is 3. The topological polar surface area (TPSA) is 57.0 Å². The zero-order valence-corrected chi connectivity index (χ0v) is 11.5. The van der Waals surface area contributed by atoms with Gasteiger partial charge in [0.05, 0.1) is 6.61 Å². The third-order valence-corrected chi connectivity index (χ3v) is 2.72. The molecule has 0 saturated heterocycles. The lowest BCUT2D eigenvalue weighted by Gasteiger charge is -2.02. The van der Waals surface area contributed by atoms with Crippen LogP contribution in [0.2, 0.25) is 5.02 Å². The summed E-state index contributed by atoms with van der Waals surface area (Å²) in [6, 6.07) is 7.31. The number of carbonyl (C=O) groups excluding carboxylic acids is 1. The molecule has 0 fully saturated rings. The van der Waals surface area contributed by atoms with E-state index < -0.39 is 0 Å². The van der Waals surface area contributed by atoms with Gasteiger partial charge in [-0.1, -0.05) is 30.7 Å². The van der Waals surface area contributed by atoms with E-state index in [4.69, 9.17) is 16.3 Å². The smallest absolute Gasteiger partial charge is 0.336 e. The first kappa shape index (κ1) is 13.5. The predicted octanol–water partition coefficient (Wildman–Crippen LogP) is 3.05. The molecule has 0 N–H and O–H groups in total. The third-order valence-electron chi connectivity index (χ3n) is 2.48. The van der Waals surface area contributed by atoms with Crippen molar-refractivity contribution in [3.8, 4) is 17.4 Å². The van der Waals surface area contributed by atoms with Crippen molar-refractivity contribution in [2.45, 2.75) is 20.3 Å². The second-order valence-corrected chi connectivity index (χ2v) is 4.26. The average molecular weight is 280 g/mol. The van der Waals surface area contributed by atoms with Crippen LogP contribution >= 0.6 is 11.6 Å². The molecule has 6 heteroatoms. The predicted molar refractivity (Wildman–Crippen MR) is 72.6 cm³/mol. The minimum absolute atomic E-state index is 0.145. The van der Waals surface area contributed by atoms with Crippen molar-refractivity contribution in [3.05, 3.63) is 29.3 Å². The lowest BCUT2D eigenvalue weighted by Crippen LogP contribution is -2.12. The van der Waals surface area contributed by atoms with Crippen LogP contribution in [0.25, 0.3) is 11.4 Å². The molecule has 0 aliphatic carbocycles. The molecule has 2 rings (SSSR count). The molecule has 0 unspecified atom stereocenters. The van der Waals surface area contributed by atoms with E-state index in [2.05, 4.69) is 10.1 Å². The summed E-state index contributed by atoms with van der Waals surface area (Å²) in [5, 5.41) is 4.65. The molecule has 5 nitrogen and oxygen atoms in total. The van der Waals surface area contributed by atoms with Gasteiger partial charge in [-0.15, -0.1) is 5.10 Å². The van der Waals surface area contributed by atoms with Gasteiger partial charge in [0, 0.05) is 17.0 Å². The molecule has 0 radical (unpaired) electrons. The third kappa shape index (κ3) is 2.93. The molecule has 2 aromatic rings. The number of nitrogens with zero attached hydrogens (tertiary/aromatic N) is 3. The maximum absolute atomic E-state index is 11.9. The lowest BCUT2D eigenvalue weighted by molar-refractivity contribution is 0.0893. The molecule has 0 spiro atoms. The van der Waals surface area contributed by atoms with Crippen molar-refractivity contribution < 1.29 is 9.53 Å². The summed E-state index contributed by atoms with van der Waals surface area (Å²) in [4.78, 5) is 16.1. The van der Waals surface area contributed by atoms with E-state index in [1.54, 1.807) is 25.1 Å². The van der Waals surface area contributed by atoms with E-state index in [1.165, 1.54) is 4.68 Å². The van der Waals surface area contributed by atoms with Crippen LogP contribution in [0.15, 0.2) is 24.3 Å². The Bertz CT molecular complexity index is 595. The van der Waals surface area contributed by atoms with Crippen LogP contribution in [0.5, 0.6) is 6.01 Å². The van der Waals surface area contributed by atoms with Crippen molar-refractivity contribution in [2.75, 3.05) is 6.61 Å². The monoisotopic (exact) mass is 279 g/mol. The Labute approximate surface area is 116 Å². The highest BCUT2D eigenvalue weighted by molar-refractivity contribution is 6.30. The second-order valence-electron chi connectivity index (χ2n) is 3.82. The first-order chi connectivity index (χ1) is 9.15. The summed E-state index contributed by atoms with van der Waals surface area (Å²) < 4.78 is 6.51. The number of hydrogen-bond acceptors (Lipinski definition) is 4. The van der Waals surface area contributed by atoms with E-state index >= 15 is 0 Å². The van der Waals surface area contributed by atoms with Gasteiger partial charge in [0.15, 0.2) is 5.82 Å². The van der Waals surface area contributed by atoms with E-state index in [0.29, 0.717) is 23.9 Å². The Balaban J connectivity index is 2.51. The zero-order valence-electron chi connectivity index (χ0n) is 10.8. The number of carbonyl (C=O) groups is 1. The van der Waals surface area contributed by atoms with Gasteiger partial charge in [-0.2, -0.15) is 9.67 Å². The van der Waals surface area contributed by atoms with Gasteiger partial charge in [0.25, 0.3) is 0 Å². The van der Waals surface area contributed by atoms with Crippen molar-refractivity contribution in [1.82, 2.24) is 14.8 Å². The maximum atomic E-state index is 11.9. The van der Waals surface area contributed by atoms with E-state index in [-0.39, 0.29) is 11.9 Å². The molecule has 0 bridgehead atoms. The fourth-order valence-corrected chi connectivity index (χ4v) is 1.81. The SMILES string of the molecule is CCOc1nc(-c2cccc(Cl)c2)n(C(=O)CC)n1. The molecule has 0 aliphatic rings. The Hall–Kier alpha value is -1.88. The molecule has 0 atom stereocenters. The van der Waals surface area contributed by atoms with Gasteiger partial charge in [-0.3, -0.25) is 4.79 Å². The lowest BCUT2D eigenvalue weighted by atomic mass is 10.2. The Morgan fingerprint density at radius 2 is 2.21 bits per heavy atom. The standard InChI is InChI=1S/C13H14ClN3O2/c1-3-11(18)17-12(15-13(16-17)19-4-2)9-6-5-7-10(14)8-9/h5-8H,3-4H2,1-2H3. The Morgan fingerprint density at radius 3 is 2.84 bits per heavy atom. The van der Waals surface area contributed by atoms with Gasteiger partial charge in [0.1, 0.15) is 0 Å². The van der Waals surface area contributed by atoms with Crippen LogP contribution in [0.1, 0.15) is 25.1 Å². The highest BCUT2D eigenvalue weighted by atomic mass is 35.5. The normalized spacial score (nSPS) is 10.5. The highest BCUT2D eigenvalue weighted by Gasteiger charge is 2.17. The summed E-state index contributed by atoms with van der Waals surface area (Å²) in [5.41, 5.74) is 0.729. The van der Waals surface area contributed by atoms with Gasteiger partial charge in [-0.05, 0) is 19.1 Å². The molecule has 0 saturated carbocycles. The first-order valence-corrected chi connectivity index (χ1v) is 6.42. The molecule has 1 aromatic heterocycles. The fourth-order valence-electron chi connectivity index (χ4n) is 1.62. The molecular weight excluding hydrogens is 266 g/mol. The number of benzene rings is 1. The summed E-state index contributed by atoms with van der Waals surface area (Å²) in [6.45, 7) is 4.05. The summed E-state index contributed by atoms with van der Waals surface area (Å²) in [5.74, 6) is 0.297. The summed E-state index contributed by atoms with van der Waals surface area (Å²) >= 11 is 5.95. The van der Waals surface area contributed by atoms with Crippen molar-refractivity contribution >= 4 is 17.5 Å². The Morgan fingerprint density at radius 1 is 1.42 bits per heavy atom. The van der Waals surface area contributed by atoms with Crippen molar-refractivity contribution in [2.24, 2.45) is 0 Å². The summed E-state index contributed by atoms with van der Waals surface area (Å²) in [6.07, 6.45) is 0.336. The number of hydrogen-bond donors (Lipinski definition) is 0. The zero-order chi connectivity index (χ0) is 13.8. The molecule has 1 heterocycles. The van der Waals surface area contributed by atoms with E-state index in [1.807, 2.05) is 13.0 Å².